The molecule has 150 valence electrons. The Labute approximate surface area is 181 Å². The second kappa shape index (κ2) is 7.77. The van der Waals surface area contributed by atoms with Gasteiger partial charge in [0.2, 0.25) is 12.3 Å². The van der Waals surface area contributed by atoms with E-state index in [4.69, 9.17) is 0 Å². The number of aryl methyl sites for hydroxylation is 1. The number of aromatic nitrogens is 1. The molecule has 1 atom stereocenters. The summed E-state index contributed by atoms with van der Waals surface area (Å²) < 4.78 is 1.96. The van der Waals surface area contributed by atoms with Crippen LogP contribution in [0.1, 0.15) is 43.5 Å². The first-order valence-corrected chi connectivity index (χ1v) is 10.4. The first-order chi connectivity index (χ1) is 15.1. The Hall–Kier alpha value is -3.85. The van der Waals surface area contributed by atoms with Crippen LogP contribution in [0.15, 0.2) is 97.2 Å². The smallest absolute Gasteiger partial charge is 0.227 e. The molecule has 5 rings (SSSR count). The van der Waals surface area contributed by atoms with Crippen LogP contribution in [0.5, 0.6) is 0 Å². The van der Waals surface area contributed by atoms with E-state index in [1.54, 1.807) is 0 Å². The summed E-state index contributed by atoms with van der Waals surface area (Å²) in [6.07, 6.45) is 2.00. The molecule has 0 saturated heterocycles. The number of fused-ring (bicyclic) bond motifs is 3. The van der Waals surface area contributed by atoms with Gasteiger partial charge in [0.15, 0.2) is 17.7 Å². The number of hydrogen-bond acceptors (Lipinski definition) is 2. The van der Waals surface area contributed by atoms with Gasteiger partial charge in [-0.1, -0.05) is 84.9 Å². The van der Waals surface area contributed by atoms with Crippen molar-refractivity contribution in [2.24, 2.45) is 0 Å². The van der Waals surface area contributed by atoms with Gasteiger partial charge in [0.25, 0.3) is 0 Å². The van der Waals surface area contributed by atoms with E-state index in [-0.39, 0.29) is 24.0 Å². The zero-order valence-electron chi connectivity index (χ0n) is 17.3. The third kappa shape index (κ3) is 3.38. The van der Waals surface area contributed by atoms with Crippen LogP contribution in [0, 0.1) is 6.92 Å². The zero-order valence-corrected chi connectivity index (χ0v) is 17.3. The zero-order chi connectivity index (χ0) is 21.4. The van der Waals surface area contributed by atoms with Crippen molar-refractivity contribution in [3.8, 4) is 11.1 Å². The molecule has 1 unspecified atom stereocenters. The van der Waals surface area contributed by atoms with Crippen molar-refractivity contribution in [1.82, 2.24) is 0 Å². The van der Waals surface area contributed by atoms with Crippen molar-refractivity contribution < 1.29 is 14.2 Å². The third-order valence-corrected chi connectivity index (χ3v) is 6.02. The molecule has 0 bridgehead atoms. The molecule has 0 N–H and O–H groups in total. The number of carbonyl (C=O) groups is 2. The van der Waals surface area contributed by atoms with E-state index in [9.17, 15) is 9.59 Å². The molecule has 1 heterocycles. The predicted octanol–water partition coefficient (Wildman–Crippen LogP) is 5.16. The lowest BCUT2D eigenvalue weighted by atomic mass is 9.89. The number of benzene rings is 3. The van der Waals surface area contributed by atoms with E-state index < -0.39 is 0 Å². The summed E-state index contributed by atoms with van der Waals surface area (Å²) in [5, 5.41) is 0. The molecule has 31 heavy (non-hydrogen) atoms. The first kappa shape index (κ1) is 19.1. The van der Waals surface area contributed by atoms with Crippen LogP contribution in [0.2, 0.25) is 0 Å². The van der Waals surface area contributed by atoms with Crippen LogP contribution < -0.4 is 4.57 Å². The molecule has 0 aliphatic heterocycles. The highest BCUT2D eigenvalue weighted by atomic mass is 16.1. The molecule has 1 aliphatic carbocycles. The van der Waals surface area contributed by atoms with Crippen molar-refractivity contribution in [3.63, 3.8) is 0 Å². The van der Waals surface area contributed by atoms with E-state index in [2.05, 4.69) is 12.1 Å². The van der Waals surface area contributed by atoms with Gasteiger partial charge in [0.1, 0.15) is 0 Å². The number of hydrogen-bond donors (Lipinski definition) is 0. The maximum atomic E-state index is 13.5. The van der Waals surface area contributed by atoms with E-state index in [0.29, 0.717) is 11.1 Å². The van der Waals surface area contributed by atoms with Gasteiger partial charge < -0.3 is 0 Å². The topological polar surface area (TPSA) is 38.0 Å². The second-order valence-electron chi connectivity index (χ2n) is 7.95. The van der Waals surface area contributed by atoms with Crippen LogP contribution in [-0.2, 0) is 6.54 Å². The van der Waals surface area contributed by atoms with Gasteiger partial charge in [-0.15, -0.1) is 0 Å². The van der Waals surface area contributed by atoms with Gasteiger partial charge in [0.05, 0.1) is 5.92 Å². The molecular formula is C28H22NO2+. The fourth-order valence-electron chi connectivity index (χ4n) is 4.43. The van der Waals surface area contributed by atoms with Gasteiger partial charge >= 0.3 is 0 Å². The van der Waals surface area contributed by atoms with Crippen molar-refractivity contribution in [3.05, 3.63) is 125 Å². The second-order valence-corrected chi connectivity index (χ2v) is 7.95. The van der Waals surface area contributed by atoms with Gasteiger partial charge in [-0.25, -0.2) is 0 Å². The summed E-state index contributed by atoms with van der Waals surface area (Å²) in [6.45, 7) is 2.25. The highest BCUT2D eigenvalue weighted by Crippen LogP contribution is 2.45. The molecule has 3 aromatic carbocycles. The molecular weight excluding hydrogens is 382 g/mol. The van der Waals surface area contributed by atoms with Crippen LogP contribution in [0.4, 0.5) is 0 Å². The standard InChI is InChI=1S/C28H22NO2/c1-19-16-24-22-14-8-9-15-23(22)27(28(31)21-12-6-3-7-13-21)25(24)17-29(19)18-26(30)20-10-4-2-5-11-20/h2-17,27H,18H2,1H3/q+1. The molecule has 0 radical (unpaired) electrons. The Morgan fingerprint density at radius 1 is 0.742 bits per heavy atom. The predicted molar refractivity (Wildman–Crippen MR) is 120 cm³/mol. The molecule has 4 aromatic rings. The van der Waals surface area contributed by atoms with Crippen molar-refractivity contribution in [2.45, 2.75) is 19.4 Å². The molecule has 0 fully saturated rings. The Morgan fingerprint density at radius 2 is 1.35 bits per heavy atom. The maximum Gasteiger partial charge on any atom is 0.227 e. The Bertz CT molecular complexity index is 1290. The Morgan fingerprint density at radius 3 is 2.06 bits per heavy atom. The number of Topliss-reactive ketones (excluding diaryl/α,β-unsaturated/α-hetero) is 2. The van der Waals surface area contributed by atoms with E-state index in [1.165, 1.54) is 0 Å². The SMILES string of the molecule is Cc1cc2c(c[n+]1CC(=O)c1ccccc1)C(C(=O)c1ccccc1)c1ccccc1-2. The largest absolute Gasteiger partial charge is 0.293 e. The minimum Gasteiger partial charge on any atom is -0.293 e. The maximum absolute atomic E-state index is 13.5. The quantitative estimate of drug-likeness (QED) is 0.340. The van der Waals surface area contributed by atoms with Crippen molar-refractivity contribution in [2.75, 3.05) is 0 Å². The minimum atomic E-state index is -0.368. The number of carbonyl (C=O) groups excluding carboxylic acids is 2. The Balaban J connectivity index is 1.59. The summed E-state index contributed by atoms with van der Waals surface area (Å²) in [4.78, 5) is 26.4. The summed E-state index contributed by atoms with van der Waals surface area (Å²) in [5.74, 6) is -0.237. The molecule has 1 aromatic heterocycles. The molecule has 1 aliphatic rings. The highest BCUT2D eigenvalue weighted by Gasteiger charge is 2.37. The van der Waals surface area contributed by atoms with E-state index in [1.807, 2.05) is 96.6 Å². The average Bonchev–Trinajstić information content (AvgIpc) is 3.13. The number of pyridine rings is 1. The minimum absolute atomic E-state index is 0.0510. The van der Waals surface area contributed by atoms with Crippen LogP contribution in [-0.4, -0.2) is 11.6 Å². The van der Waals surface area contributed by atoms with Crippen LogP contribution in [0.3, 0.4) is 0 Å². The number of nitrogens with zero attached hydrogens (tertiary/aromatic N) is 1. The number of ketones is 2. The lowest BCUT2D eigenvalue weighted by molar-refractivity contribution is -0.689. The summed E-state index contributed by atoms with van der Waals surface area (Å²) in [7, 11) is 0. The summed E-state index contributed by atoms with van der Waals surface area (Å²) in [5.41, 5.74) is 6.53. The summed E-state index contributed by atoms with van der Waals surface area (Å²) in [6, 6.07) is 29.0. The van der Waals surface area contributed by atoms with Gasteiger partial charge in [-0.2, -0.15) is 4.57 Å². The first-order valence-electron chi connectivity index (χ1n) is 10.4. The lowest BCUT2D eigenvalue weighted by Crippen LogP contribution is -2.41. The lowest BCUT2D eigenvalue weighted by Gasteiger charge is -2.12. The summed E-state index contributed by atoms with van der Waals surface area (Å²) >= 11 is 0. The molecule has 0 spiro atoms. The van der Waals surface area contributed by atoms with Gasteiger partial charge in [-0.05, 0) is 16.7 Å². The highest BCUT2D eigenvalue weighted by molar-refractivity contribution is 6.07. The van der Waals surface area contributed by atoms with Gasteiger partial charge in [0, 0.05) is 29.7 Å². The molecule has 3 heteroatoms. The normalized spacial score (nSPS) is 14.0. The van der Waals surface area contributed by atoms with E-state index in [0.717, 1.165) is 27.9 Å². The average molecular weight is 404 g/mol. The third-order valence-electron chi connectivity index (χ3n) is 6.02. The molecule has 3 nitrogen and oxygen atoms in total. The van der Waals surface area contributed by atoms with Crippen LogP contribution in [0.25, 0.3) is 11.1 Å². The van der Waals surface area contributed by atoms with Crippen molar-refractivity contribution >= 4 is 11.6 Å². The molecule has 0 saturated carbocycles. The molecule has 0 amide bonds. The fourth-order valence-corrected chi connectivity index (χ4v) is 4.43. The fraction of sp³-hybridized carbons (Fsp3) is 0.107. The monoisotopic (exact) mass is 404 g/mol. The number of rotatable bonds is 5. The van der Waals surface area contributed by atoms with Crippen molar-refractivity contribution in [1.29, 1.82) is 0 Å². The van der Waals surface area contributed by atoms with Gasteiger partial charge in [-0.3, -0.25) is 9.59 Å². The van der Waals surface area contributed by atoms with Crippen LogP contribution >= 0.6 is 0 Å². The van der Waals surface area contributed by atoms with E-state index >= 15 is 0 Å². The Kier molecular flexibility index (Phi) is 4.79.